The standard InChI is InChI=1S/C25H31ClN2O2/c1-25(2)15-24(30)27-22-14-21(26)19(13-20(22)25)23(29)16-28-11-7-6-10-18(28)12-17-8-4-3-5-9-17/h3-5,8-9,13-14,18,23,29H,6-7,10-12,15-16H2,1-2H3,(H,27,30). The molecule has 0 radical (unpaired) electrons. The van der Waals surface area contributed by atoms with Crippen LogP contribution in [0.25, 0.3) is 0 Å². The van der Waals surface area contributed by atoms with Gasteiger partial charge in [-0.15, -0.1) is 0 Å². The van der Waals surface area contributed by atoms with Gasteiger partial charge < -0.3 is 10.4 Å². The second kappa shape index (κ2) is 8.70. The number of halogens is 1. The lowest BCUT2D eigenvalue weighted by atomic mass is 9.77. The number of benzene rings is 2. The maximum Gasteiger partial charge on any atom is 0.225 e. The number of nitrogens with one attached hydrogen (secondary N) is 1. The molecular weight excluding hydrogens is 396 g/mol. The van der Waals surface area contributed by atoms with E-state index in [4.69, 9.17) is 11.6 Å². The largest absolute Gasteiger partial charge is 0.387 e. The number of anilines is 1. The van der Waals surface area contributed by atoms with E-state index in [1.165, 1.54) is 12.0 Å². The first-order valence-corrected chi connectivity index (χ1v) is 11.3. The summed E-state index contributed by atoms with van der Waals surface area (Å²) < 4.78 is 0. The second-order valence-electron chi connectivity index (χ2n) is 9.38. The molecule has 0 aliphatic carbocycles. The Kier molecular flexibility index (Phi) is 6.19. The molecule has 4 rings (SSSR count). The monoisotopic (exact) mass is 426 g/mol. The van der Waals surface area contributed by atoms with E-state index in [2.05, 4.69) is 48.3 Å². The summed E-state index contributed by atoms with van der Waals surface area (Å²) >= 11 is 6.55. The summed E-state index contributed by atoms with van der Waals surface area (Å²) in [4.78, 5) is 14.4. The van der Waals surface area contributed by atoms with Crippen LogP contribution in [0, 0.1) is 0 Å². The van der Waals surface area contributed by atoms with Crippen LogP contribution < -0.4 is 5.32 Å². The predicted octanol–water partition coefficient (Wildman–Crippen LogP) is 5.09. The lowest BCUT2D eigenvalue weighted by Gasteiger charge is -2.38. The molecule has 30 heavy (non-hydrogen) atoms. The Balaban J connectivity index is 1.54. The molecule has 2 aliphatic heterocycles. The van der Waals surface area contributed by atoms with Gasteiger partial charge in [-0.05, 0) is 49.1 Å². The van der Waals surface area contributed by atoms with Crippen molar-refractivity contribution in [3.8, 4) is 0 Å². The van der Waals surface area contributed by atoms with Crippen LogP contribution in [0.15, 0.2) is 42.5 Å². The number of hydrogen-bond donors (Lipinski definition) is 2. The third kappa shape index (κ3) is 4.56. The van der Waals surface area contributed by atoms with Crippen molar-refractivity contribution < 1.29 is 9.90 Å². The third-order valence-electron chi connectivity index (χ3n) is 6.57. The zero-order valence-corrected chi connectivity index (χ0v) is 18.6. The van der Waals surface area contributed by atoms with Gasteiger partial charge >= 0.3 is 0 Å². The quantitative estimate of drug-likeness (QED) is 0.700. The van der Waals surface area contributed by atoms with Crippen LogP contribution in [-0.4, -0.2) is 35.0 Å². The minimum absolute atomic E-state index is 0.00827. The third-order valence-corrected chi connectivity index (χ3v) is 6.90. The molecule has 160 valence electrons. The number of piperidine rings is 1. The van der Waals surface area contributed by atoms with Gasteiger partial charge in [-0.3, -0.25) is 9.69 Å². The lowest BCUT2D eigenvalue weighted by Crippen LogP contribution is -2.43. The normalized spacial score (nSPS) is 22.3. The maximum absolute atomic E-state index is 12.0. The molecular formula is C25H31ClN2O2. The van der Waals surface area contributed by atoms with Gasteiger partial charge in [0.2, 0.25) is 5.91 Å². The topological polar surface area (TPSA) is 52.6 Å². The molecule has 1 saturated heterocycles. The van der Waals surface area contributed by atoms with Gasteiger partial charge in [-0.1, -0.05) is 62.2 Å². The SMILES string of the molecule is CC1(C)CC(=O)Nc2cc(Cl)c(C(O)CN3CCCCC3Cc3ccccc3)cc21. The van der Waals surface area contributed by atoms with Crippen LogP contribution in [0.2, 0.25) is 5.02 Å². The highest BCUT2D eigenvalue weighted by Crippen LogP contribution is 2.41. The summed E-state index contributed by atoms with van der Waals surface area (Å²) in [6.45, 7) is 5.70. The Hall–Kier alpha value is -1.88. The fourth-order valence-electron chi connectivity index (χ4n) is 4.94. The van der Waals surface area contributed by atoms with E-state index in [-0.39, 0.29) is 11.3 Å². The molecule has 2 aromatic rings. The average molecular weight is 427 g/mol. The van der Waals surface area contributed by atoms with Gasteiger partial charge in [0, 0.05) is 40.7 Å². The van der Waals surface area contributed by atoms with Crippen molar-refractivity contribution in [3.05, 3.63) is 64.2 Å². The van der Waals surface area contributed by atoms with Crippen LogP contribution in [0.4, 0.5) is 5.69 Å². The number of likely N-dealkylation sites (tertiary alicyclic amines) is 1. The molecule has 2 atom stereocenters. The number of β-amino-alcohol motifs (C(OH)–C–C–N with tert-alkyl or cyclic N) is 1. The summed E-state index contributed by atoms with van der Waals surface area (Å²) in [6, 6.07) is 14.8. The molecule has 2 heterocycles. The molecule has 4 nitrogen and oxygen atoms in total. The summed E-state index contributed by atoms with van der Waals surface area (Å²) in [5.74, 6) is 0.00827. The number of nitrogens with zero attached hydrogens (tertiary/aromatic N) is 1. The van der Waals surface area contributed by atoms with Crippen molar-refractivity contribution in [3.63, 3.8) is 0 Å². The van der Waals surface area contributed by atoms with E-state index in [1.54, 1.807) is 6.07 Å². The maximum atomic E-state index is 12.0. The first-order valence-electron chi connectivity index (χ1n) is 10.9. The first kappa shape index (κ1) is 21.4. The molecule has 0 aromatic heterocycles. The van der Waals surface area contributed by atoms with Crippen molar-refractivity contribution in [2.75, 3.05) is 18.4 Å². The second-order valence-corrected chi connectivity index (χ2v) is 9.79. The number of aliphatic hydroxyl groups excluding tert-OH is 1. The first-order chi connectivity index (χ1) is 14.3. The molecule has 1 fully saturated rings. The minimum Gasteiger partial charge on any atom is -0.387 e. The molecule has 5 heteroatoms. The van der Waals surface area contributed by atoms with E-state index < -0.39 is 6.10 Å². The number of carbonyl (C=O) groups excluding carboxylic acids is 1. The van der Waals surface area contributed by atoms with Crippen molar-refractivity contribution in [1.29, 1.82) is 0 Å². The van der Waals surface area contributed by atoms with E-state index in [9.17, 15) is 9.90 Å². The van der Waals surface area contributed by atoms with Gasteiger partial charge in [0.15, 0.2) is 0 Å². The number of aliphatic hydroxyl groups is 1. The van der Waals surface area contributed by atoms with Crippen LogP contribution in [-0.2, 0) is 16.6 Å². The van der Waals surface area contributed by atoms with E-state index in [1.807, 2.05) is 12.1 Å². The highest BCUT2D eigenvalue weighted by molar-refractivity contribution is 6.31. The van der Waals surface area contributed by atoms with Crippen LogP contribution >= 0.6 is 11.6 Å². The Morgan fingerprint density at radius 2 is 2.00 bits per heavy atom. The van der Waals surface area contributed by atoms with Crippen LogP contribution in [0.3, 0.4) is 0 Å². The summed E-state index contributed by atoms with van der Waals surface area (Å²) in [6.07, 6.45) is 4.32. The zero-order valence-electron chi connectivity index (χ0n) is 17.8. The smallest absolute Gasteiger partial charge is 0.225 e. The van der Waals surface area contributed by atoms with Crippen molar-refractivity contribution in [2.45, 2.75) is 63.5 Å². The number of rotatable bonds is 5. The molecule has 2 unspecified atom stereocenters. The van der Waals surface area contributed by atoms with Crippen molar-refractivity contribution >= 4 is 23.2 Å². The zero-order chi connectivity index (χ0) is 21.3. The number of carbonyl (C=O) groups is 1. The summed E-state index contributed by atoms with van der Waals surface area (Å²) in [5, 5.41) is 14.6. The van der Waals surface area contributed by atoms with E-state index >= 15 is 0 Å². The summed E-state index contributed by atoms with van der Waals surface area (Å²) in [5.41, 5.74) is 3.62. The van der Waals surface area contributed by atoms with E-state index in [0.717, 1.165) is 42.6 Å². The molecule has 0 saturated carbocycles. The van der Waals surface area contributed by atoms with Crippen LogP contribution in [0.5, 0.6) is 0 Å². The van der Waals surface area contributed by atoms with Gasteiger partial charge in [-0.2, -0.15) is 0 Å². The van der Waals surface area contributed by atoms with Crippen LogP contribution in [0.1, 0.15) is 62.3 Å². The molecule has 0 bridgehead atoms. The Bertz CT molecular complexity index is 913. The van der Waals surface area contributed by atoms with Gasteiger partial charge in [0.1, 0.15) is 0 Å². The lowest BCUT2D eigenvalue weighted by molar-refractivity contribution is -0.117. The molecule has 1 amide bonds. The molecule has 0 spiro atoms. The Morgan fingerprint density at radius 3 is 2.77 bits per heavy atom. The molecule has 2 N–H and O–H groups in total. The fourth-order valence-corrected chi connectivity index (χ4v) is 5.23. The van der Waals surface area contributed by atoms with E-state index in [0.29, 0.717) is 24.0 Å². The molecule has 2 aliphatic rings. The predicted molar refractivity (Wildman–Crippen MR) is 122 cm³/mol. The van der Waals surface area contributed by atoms with Gasteiger partial charge in [0.25, 0.3) is 0 Å². The van der Waals surface area contributed by atoms with Gasteiger partial charge in [0.05, 0.1) is 6.10 Å². The van der Waals surface area contributed by atoms with Crippen molar-refractivity contribution in [1.82, 2.24) is 4.90 Å². The summed E-state index contributed by atoms with van der Waals surface area (Å²) in [7, 11) is 0. The highest BCUT2D eigenvalue weighted by atomic mass is 35.5. The fraction of sp³-hybridized carbons (Fsp3) is 0.480. The average Bonchev–Trinajstić information content (AvgIpc) is 2.69. The van der Waals surface area contributed by atoms with Crippen molar-refractivity contribution in [2.24, 2.45) is 0 Å². The number of amides is 1. The Labute approximate surface area is 184 Å². The van der Waals surface area contributed by atoms with Gasteiger partial charge in [-0.25, -0.2) is 0 Å². The minimum atomic E-state index is -0.660. The highest BCUT2D eigenvalue weighted by Gasteiger charge is 2.34. The molecule has 2 aromatic carbocycles. The Morgan fingerprint density at radius 1 is 1.23 bits per heavy atom. The number of fused-ring (bicyclic) bond motifs is 1. The number of hydrogen-bond acceptors (Lipinski definition) is 3.